The molecule has 1 heterocycles. The van der Waals surface area contributed by atoms with Crippen LogP contribution in [0.4, 0.5) is 5.69 Å². The number of rotatable bonds is 1. The van der Waals surface area contributed by atoms with Gasteiger partial charge in [0.15, 0.2) is 0 Å². The van der Waals surface area contributed by atoms with Gasteiger partial charge in [-0.2, -0.15) is 0 Å². The van der Waals surface area contributed by atoms with Gasteiger partial charge in [-0.25, -0.2) is 4.98 Å². The van der Waals surface area contributed by atoms with Gasteiger partial charge < -0.3 is 5.73 Å². The van der Waals surface area contributed by atoms with E-state index in [1.165, 1.54) is 0 Å². The molecule has 2 aromatic carbocycles. The highest BCUT2D eigenvalue weighted by Gasteiger charge is 2.08. The first-order chi connectivity index (χ1) is 8.61. The molecule has 0 atom stereocenters. The highest BCUT2D eigenvalue weighted by Crippen LogP contribution is 2.33. The predicted octanol–water partition coefficient (Wildman–Crippen LogP) is 4.96. The number of nitrogens with two attached hydrogens (primary N) is 1. The zero-order valence-corrected chi connectivity index (χ0v) is 12.3. The van der Waals surface area contributed by atoms with E-state index in [4.69, 9.17) is 17.3 Å². The summed E-state index contributed by atoms with van der Waals surface area (Å²) in [7, 11) is 0. The molecule has 90 valence electrons. The molecule has 0 aliphatic carbocycles. The summed E-state index contributed by atoms with van der Waals surface area (Å²) >= 11 is 11.1. The third kappa shape index (κ3) is 2.23. The number of aromatic nitrogens is 1. The second-order valence-corrected chi connectivity index (χ2v) is 6.29. The van der Waals surface area contributed by atoms with Crippen molar-refractivity contribution in [3.8, 4) is 10.6 Å². The van der Waals surface area contributed by atoms with E-state index < -0.39 is 0 Å². The molecule has 0 saturated heterocycles. The molecular weight excluding hydrogens is 332 g/mol. The molecule has 18 heavy (non-hydrogen) atoms. The zero-order chi connectivity index (χ0) is 12.7. The number of halogens is 2. The molecule has 0 bridgehead atoms. The molecule has 5 heteroatoms. The second kappa shape index (κ2) is 4.53. The number of benzene rings is 2. The molecule has 0 aliphatic rings. The van der Waals surface area contributed by atoms with Gasteiger partial charge in [-0.05, 0) is 36.4 Å². The van der Waals surface area contributed by atoms with Crippen LogP contribution in [0.3, 0.4) is 0 Å². The molecule has 0 fully saturated rings. The summed E-state index contributed by atoms with van der Waals surface area (Å²) in [6.45, 7) is 0. The molecule has 1 aromatic heterocycles. The van der Waals surface area contributed by atoms with Crippen LogP contribution >= 0.6 is 38.9 Å². The van der Waals surface area contributed by atoms with Gasteiger partial charge in [0.25, 0.3) is 0 Å². The maximum absolute atomic E-state index is 6.05. The fourth-order valence-corrected chi connectivity index (χ4v) is 3.60. The Hall–Kier alpha value is -1.10. The van der Waals surface area contributed by atoms with E-state index in [9.17, 15) is 0 Å². The van der Waals surface area contributed by atoms with Crippen molar-refractivity contribution in [1.29, 1.82) is 0 Å². The lowest BCUT2D eigenvalue weighted by molar-refractivity contribution is 1.47. The number of hydrogen-bond donors (Lipinski definition) is 1. The first kappa shape index (κ1) is 12.0. The number of fused-ring (bicyclic) bond motifs is 1. The first-order valence-corrected chi connectivity index (χ1v) is 7.23. The van der Waals surface area contributed by atoms with Crippen LogP contribution < -0.4 is 5.73 Å². The third-order valence-corrected chi connectivity index (χ3v) is 4.27. The van der Waals surface area contributed by atoms with Gasteiger partial charge in [0.05, 0.1) is 10.2 Å². The van der Waals surface area contributed by atoms with Crippen LogP contribution in [0, 0.1) is 0 Å². The Kier molecular flexibility index (Phi) is 3.01. The van der Waals surface area contributed by atoms with Crippen molar-refractivity contribution in [2.75, 3.05) is 5.73 Å². The van der Waals surface area contributed by atoms with Crippen LogP contribution in [0.1, 0.15) is 0 Å². The minimum absolute atomic E-state index is 0.693. The van der Waals surface area contributed by atoms with E-state index in [0.29, 0.717) is 5.02 Å². The SMILES string of the molecule is Nc1ccc2nc(-c3cc(Cl)cc(Br)c3)sc2c1. The highest BCUT2D eigenvalue weighted by atomic mass is 79.9. The smallest absolute Gasteiger partial charge is 0.124 e. The molecule has 3 rings (SSSR count). The number of nitrogens with zero attached hydrogens (tertiary/aromatic N) is 1. The summed E-state index contributed by atoms with van der Waals surface area (Å²) in [5.74, 6) is 0. The molecule has 0 saturated carbocycles. The Bertz CT molecular complexity index is 719. The number of thiazole rings is 1. The zero-order valence-electron chi connectivity index (χ0n) is 9.15. The normalized spacial score (nSPS) is 11.0. The molecule has 2 N–H and O–H groups in total. The van der Waals surface area contributed by atoms with Crippen molar-refractivity contribution in [3.63, 3.8) is 0 Å². The molecule has 0 spiro atoms. The van der Waals surface area contributed by atoms with Gasteiger partial charge in [-0.15, -0.1) is 11.3 Å². The van der Waals surface area contributed by atoms with Gasteiger partial charge in [0.2, 0.25) is 0 Å². The average molecular weight is 340 g/mol. The van der Waals surface area contributed by atoms with Crippen LogP contribution in [-0.4, -0.2) is 4.98 Å². The molecule has 0 unspecified atom stereocenters. The van der Waals surface area contributed by atoms with Crippen LogP contribution in [0.15, 0.2) is 40.9 Å². The van der Waals surface area contributed by atoms with E-state index in [0.717, 1.165) is 30.9 Å². The van der Waals surface area contributed by atoms with Crippen LogP contribution in [0.25, 0.3) is 20.8 Å². The Balaban J connectivity index is 2.19. The fourth-order valence-electron chi connectivity index (χ4n) is 1.74. The van der Waals surface area contributed by atoms with Crippen molar-refractivity contribution in [2.45, 2.75) is 0 Å². The first-order valence-electron chi connectivity index (χ1n) is 5.24. The number of nitrogen functional groups attached to an aromatic ring is 1. The molecule has 2 nitrogen and oxygen atoms in total. The van der Waals surface area contributed by atoms with Crippen molar-refractivity contribution in [1.82, 2.24) is 4.98 Å². The van der Waals surface area contributed by atoms with Crippen LogP contribution in [0.5, 0.6) is 0 Å². The number of anilines is 1. The Morgan fingerprint density at radius 2 is 2.00 bits per heavy atom. The lowest BCUT2D eigenvalue weighted by Gasteiger charge is -1.98. The largest absolute Gasteiger partial charge is 0.399 e. The lowest BCUT2D eigenvalue weighted by atomic mass is 10.2. The van der Waals surface area contributed by atoms with E-state index in [2.05, 4.69) is 20.9 Å². The van der Waals surface area contributed by atoms with Crippen LogP contribution in [-0.2, 0) is 0 Å². The van der Waals surface area contributed by atoms with Crippen LogP contribution in [0.2, 0.25) is 5.02 Å². The Morgan fingerprint density at radius 1 is 1.17 bits per heavy atom. The number of hydrogen-bond acceptors (Lipinski definition) is 3. The molecule has 0 amide bonds. The van der Waals surface area contributed by atoms with E-state index in [-0.39, 0.29) is 0 Å². The van der Waals surface area contributed by atoms with E-state index in [1.54, 1.807) is 11.3 Å². The quantitative estimate of drug-likeness (QED) is 0.636. The summed E-state index contributed by atoms with van der Waals surface area (Å²) in [5.41, 5.74) is 8.49. The average Bonchev–Trinajstić information content (AvgIpc) is 2.70. The third-order valence-electron chi connectivity index (χ3n) is 2.52. The maximum Gasteiger partial charge on any atom is 0.124 e. The fraction of sp³-hybridized carbons (Fsp3) is 0. The van der Waals surface area contributed by atoms with Gasteiger partial charge in [0.1, 0.15) is 5.01 Å². The minimum atomic E-state index is 0.693. The summed E-state index contributed by atoms with van der Waals surface area (Å²) < 4.78 is 2.03. The summed E-state index contributed by atoms with van der Waals surface area (Å²) in [6.07, 6.45) is 0. The van der Waals surface area contributed by atoms with Crippen molar-refractivity contribution in [3.05, 3.63) is 45.9 Å². The summed E-state index contributed by atoms with van der Waals surface area (Å²) in [4.78, 5) is 4.59. The van der Waals surface area contributed by atoms with Gasteiger partial charge >= 0.3 is 0 Å². The Labute approximate surface area is 122 Å². The molecule has 0 aliphatic heterocycles. The van der Waals surface area contributed by atoms with Crippen molar-refractivity contribution < 1.29 is 0 Å². The van der Waals surface area contributed by atoms with Gasteiger partial charge in [-0.3, -0.25) is 0 Å². The van der Waals surface area contributed by atoms with Crippen molar-refractivity contribution >= 4 is 54.8 Å². The van der Waals surface area contributed by atoms with Gasteiger partial charge in [0, 0.05) is 20.7 Å². The second-order valence-electron chi connectivity index (χ2n) is 3.90. The van der Waals surface area contributed by atoms with Crippen molar-refractivity contribution in [2.24, 2.45) is 0 Å². The monoisotopic (exact) mass is 338 g/mol. The predicted molar refractivity (Wildman–Crippen MR) is 82.2 cm³/mol. The molecule has 3 aromatic rings. The standard InChI is InChI=1S/C13H8BrClN2S/c14-8-3-7(4-9(15)5-8)13-17-11-2-1-10(16)6-12(11)18-13/h1-6H,16H2. The minimum Gasteiger partial charge on any atom is -0.399 e. The summed E-state index contributed by atoms with van der Waals surface area (Å²) in [5, 5.41) is 1.64. The lowest BCUT2D eigenvalue weighted by Crippen LogP contribution is -1.81. The van der Waals surface area contributed by atoms with E-state index >= 15 is 0 Å². The maximum atomic E-state index is 6.05. The van der Waals surface area contributed by atoms with Gasteiger partial charge in [-0.1, -0.05) is 27.5 Å². The Morgan fingerprint density at radius 3 is 2.78 bits per heavy atom. The highest BCUT2D eigenvalue weighted by molar-refractivity contribution is 9.10. The molecule has 0 radical (unpaired) electrons. The molecular formula is C13H8BrClN2S. The van der Waals surface area contributed by atoms with E-state index in [1.807, 2.05) is 36.4 Å². The topological polar surface area (TPSA) is 38.9 Å². The summed E-state index contributed by atoms with van der Waals surface area (Å²) in [6, 6.07) is 11.5.